The molecular weight excluding hydrogens is 572 g/mol. The Morgan fingerprint density at radius 1 is 0.617 bits per heavy atom. The number of nitrogens with zero attached hydrogens (tertiary/aromatic N) is 2. The summed E-state index contributed by atoms with van der Waals surface area (Å²) in [4.78, 5) is 9.72. The molecule has 10 rings (SSSR count). The van der Waals surface area contributed by atoms with E-state index < -0.39 is 0 Å². The van der Waals surface area contributed by atoms with Gasteiger partial charge in [0.1, 0.15) is 11.5 Å². The molecule has 0 saturated carbocycles. The number of hydrogen-bond acceptors (Lipinski definition) is 3. The van der Waals surface area contributed by atoms with E-state index in [9.17, 15) is 0 Å². The first-order chi connectivity index (χ1) is 23.2. The molecule has 2 aromatic heterocycles. The second-order valence-corrected chi connectivity index (χ2v) is 13.0. The first-order valence-electron chi connectivity index (χ1n) is 16.4. The number of hydrogen-bond donors (Lipinski definition) is 0. The molecule has 0 N–H and O–H groups in total. The molecule has 5 aromatic carbocycles. The number of fused-ring (bicyclic) bond motifs is 11. The van der Waals surface area contributed by atoms with E-state index >= 15 is 0 Å². The maximum Gasteiger partial charge on any atom is 0.132 e. The molecule has 222 valence electrons. The van der Waals surface area contributed by atoms with Gasteiger partial charge in [0, 0.05) is 28.1 Å². The highest BCUT2D eigenvalue weighted by atomic mass is 16.5. The van der Waals surface area contributed by atoms with Gasteiger partial charge in [0.05, 0.1) is 22.1 Å². The Kier molecular flexibility index (Phi) is 5.54. The minimum absolute atomic E-state index is 0.307. The molecule has 1 unspecified atom stereocenters. The average molecular weight is 603 g/mol. The Labute approximate surface area is 273 Å². The molecule has 0 fully saturated rings. The highest BCUT2D eigenvalue weighted by molar-refractivity contribution is 6.03. The van der Waals surface area contributed by atoms with Crippen LogP contribution in [0.4, 0.5) is 0 Å². The van der Waals surface area contributed by atoms with Crippen molar-refractivity contribution in [1.82, 2.24) is 9.97 Å². The number of aromatic nitrogens is 2. The van der Waals surface area contributed by atoms with Gasteiger partial charge in [-0.15, -0.1) is 0 Å². The van der Waals surface area contributed by atoms with E-state index in [0.29, 0.717) is 5.92 Å². The van der Waals surface area contributed by atoms with Crippen LogP contribution in [0, 0.1) is 5.92 Å². The minimum atomic E-state index is -0.377. The van der Waals surface area contributed by atoms with Crippen LogP contribution in [-0.2, 0) is 5.41 Å². The number of ether oxygens (including phenoxy) is 1. The molecule has 3 nitrogen and oxygen atoms in total. The molecule has 1 atom stereocenters. The van der Waals surface area contributed by atoms with Crippen molar-refractivity contribution in [2.24, 2.45) is 5.92 Å². The number of pyridine rings is 2. The molecule has 1 aliphatic heterocycles. The molecule has 47 heavy (non-hydrogen) atoms. The fourth-order valence-corrected chi connectivity index (χ4v) is 8.40. The molecule has 7 aromatic rings. The minimum Gasteiger partial charge on any atom is -0.457 e. The summed E-state index contributed by atoms with van der Waals surface area (Å²) >= 11 is 0. The smallest absolute Gasteiger partial charge is 0.132 e. The molecule has 1 spiro atoms. The van der Waals surface area contributed by atoms with Crippen molar-refractivity contribution in [1.29, 1.82) is 0 Å². The van der Waals surface area contributed by atoms with Gasteiger partial charge in [0.15, 0.2) is 0 Å². The highest BCUT2D eigenvalue weighted by Gasteiger charge is 2.52. The normalized spacial score (nSPS) is 17.1. The van der Waals surface area contributed by atoms with Crippen molar-refractivity contribution in [2.75, 3.05) is 0 Å². The van der Waals surface area contributed by atoms with Crippen molar-refractivity contribution in [3.05, 3.63) is 179 Å². The number of rotatable bonds is 2. The summed E-state index contributed by atoms with van der Waals surface area (Å²) in [5.41, 5.74) is 14.0. The lowest BCUT2D eigenvalue weighted by atomic mass is 9.62. The molecule has 3 aliphatic rings. The van der Waals surface area contributed by atoms with E-state index in [1.54, 1.807) is 0 Å². The summed E-state index contributed by atoms with van der Waals surface area (Å²) in [6, 6.07) is 47.9. The van der Waals surface area contributed by atoms with Gasteiger partial charge < -0.3 is 4.74 Å². The zero-order chi connectivity index (χ0) is 31.1. The van der Waals surface area contributed by atoms with E-state index in [0.717, 1.165) is 51.0 Å². The van der Waals surface area contributed by atoms with E-state index in [1.165, 1.54) is 44.5 Å². The van der Waals surface area contributed by atoms with E-state index in [4.69, 9.17) is 9.72 Å². The number of allylic oxidation sites excluding steroid dienone is 3. The van der Waals surface area contributed by atoms with Gasteiger partial charge in [-0.3, -0.25) is 4.98 Å². The van der Waals surface area contributed by atoms with Gasteiger partial charge in [-0.05, 0) is 75.6 Å². The van der Waals surface area contributed by atoms with E-state index in [1.807, 2.05) is 12.3 Å². The monoisotopic (exact) mass is 602 g/mol. The topological polar surface area (TPSA) is 35.0 Å². The van der Waals surface area contributed by atoms with Gasteiger partial charge >= 0.3 is 0 Å². The summed E-state index contributed by atoms with van der Waals surface area (Å²) in [6.45, 7) is 2.35. The van der Waals surface area contributed by atoms with Crippen molar-refractivity contribution in [3.63, 3.8) is 0 Å². The summed E-state index contributed by atoms with van der Waals surface area (Å²) < 4.78 is 6.81. The third kappa shape index (κ3) is 3.68. The van der Waals surface area contributed by atoms with Crippen molar-refractivity contribution >= 4 is 27.4 Å². The Morgan fingerprint density at radius 3 is 2.02 bits per heavy atom. The third-order valence-corrected chi connectivity index (χ3v) is 10.5. The lowest BCUT2D eigenvalue weighted by molar-refractivity contribution is 0.383. The quantitative estimate of drug-likeness (QED) is 0.185. The zero-order valence-electron chi connectivity index (χ0n) is 25.9. The number of benzene rings is 5. The SMILES string of the molecule is CC1CC2=C(C=C1c1ccc(-c3ccc4ccc5cccnc5c4n3)cc1)Oc1ccccc1C21c2ccccc2-c2ccccc21. The summed E-state index contributed by atoms with van der Waals surface area (Å²) in [7, 11) is 0. The predicted molar refractivity (Wildman–Crippen MR) is 190 cm³/mol. The van der Waals surface area contributed by atoms with Crippen LogP contribution in [0.15, 0.2) is 157 Å². The maximum atomic E-state index is 6.81. The lowest BCUT2D eigenvalue weighted by Gasteiger charge is -2.43. The Balaban J connectivity index is 1.10. The molecule has 2 aliphatic carbocycles. The highest BCUT2D eigenvalue weighted by Crippen LogP contribution is 2.62. The van der Waals surface area contributed by atoms with Crippen LogP contribution in [0.5, 0.6) is 5.75 Å². The molecule has 0 radical (unpaired) electrons. The van der Waals surface area contributed by atoms with Crippen LogP contribution in [0.2, 0.25) is 0 Å². The van der Waals surface area contributed by atoms with Crippen LogP contribution in [-0.4, -0.2) is 9.97 Å². The zero-order valence-corrected chi connectivity index (χ0v) is 25.9. The van der Waals surface area contributed by atoms with E-state index in [2.05, 4.69) is 145 Å². The van der Waals surface area contributed by atoms with Crippen LogP contribution in [0.3, 0.4) is 0 Å². The van der Waals surface area contributed by atoms with Crippen LogP contribution >= 0.6 is 0 Å². The molecule has 0 amide bonds. The Bertz CT molecular complexity index is 2440. The lowest BCUT2D eigenvalue weighted by Crippen LogP contribution is -2.36. The predicted octanol–water partition coefficient (Wildman–Crippen LogP) is 10.5. The van der Waals surface area contributed by atoms with Gasteiger partial charge in [-0.25, -0.2) is 4.98 Å². The third-order valence-electron chi connectivity index (χ3n) is 10.5. The molecular formula is C44H30N2O. The van der Waals surface area contributed by atoms with Crippen LogP contribution < -0.4 is 4.74 Å². The van der Waals surface area contributed by atoms with Gasteiger partial charge in [0.2, 0.25) is 0 Å². The van der Waals surface area contributed by atoms with Gasteiger partial charge in [0.25, 0.3) is 0 Å². The largest absolute Gasteiger partial charge is 0.457 e. The first kappa shape index (κ1) is 26.4. The van der Waals surface area contributed by atoms with Crippen molar-refractivity contribution in [3.8, 4) is 28.1 Å². The van der Waals surface area contributed by atoms with Crippen molar-refractivity contribution in [2.45, 2.75) is 18.8 Å². The fraction of sp³-hybridized carbons (Fsp3) is 0.0909. The summed E-state index contributed by atoms with van der Waals surface area (Å²) in [6.07, 6.45) is 5.06. The maximum absolute atomic E-state index is 6.81. The summed E-state index contributed by atoms with van der Waals surface area (Å²) in [5.74, 6) is 2.21. The Morgan fingerprint density at radius 2 is 1.26 bits per heavy atom. The molecule has 3 heteroatoms. The fourth-order valence-electron chi connectivity index (χ4n) is 8.40. The van der Waals surface area contributed by atoms with Gasteiger partial charge in [-0.1, -0.05) is 122 Å². The molecule has 0 saturated heterocycles. The van der Waals surface area contributed by atoms with Crippen LogP contribution in [0.1, 0.15) is 35.6 Å². The second kappa shape index (κ2) is 9.85. The van der Waals surface area contributed by atoms with E-state index in [-0.39, 0.29) is 5.41 Å². The molecule has 0 bridgehead atoms. The standard InChI is InChI=1S/C44H30N2O/c1-27-25-38-41(47-40-15-7-6-14-37(40)44(38)35-12-4-2-10-32(35)33-11-3-5-13-36(33)44)26-34(27)28-16-18-29(19-17-28)39-23-22-31-21-20-30-9-8-24-45-42(30)43(31)46-39/h2-24,26-27H,25H2,1H3. The second-order valence-electron chi connectivity index (χ2n) is 13.0. The Hall–Kier alpha value is -5.80. The van der Waals surface area contributed by atoms with Gasteiger partial charge in [-0.2, -0.15) is 0 Å². The summed E-state index contributed by atoms with van der Waals surface area (Å²) in [5, 5.41) is 2.20. The number of para-hydroxylation sites is 1. The first-order valence-corrected chi connectivity index (χ1v) is 16.4. The van der Waals surface area contributed by atoms with Crippen molar-refractivity contribution < 1.29 is 4.74 Å². The average Bonchev–Trinajstić information content (AvgIpc) is 3.42. The molecule has 3 heterocycles. The van der Waals surface area contributed by atoms with Crippen LogP contribution in [0.25, 0.3) is 49.8 Å².